The number of aliphatic hydroxyl groups is 2. The Balaban J connectivity index is 3.34. The third kappa shape index (κ3) is 59.8. The lowest BCUT2D eigenvalue weighted by molar-refractivity contribution is -0.143. The van der Waals surface area contributed by atoms with E-state index in [-0.39, 0.29) is 18.5 Å². The van der Waals surface area contributed by atoms with Gasteiger partial charge in [-0.05, 0) is 51.4 Å². The molecule has 1 amide bonds. The monoisotopic (exact) mass is 1040 g/mol. The van der Waals surface area contributed by atoms with Crippen LogP contribution < -0.4 is 5.32 Å². The Morgan fingerprint density at radius 3 is 0.959 bits per heavy atom. The smallest absolute Gasteiger partial charge is 0.305 e. The predicted molar refractivity (Wildman–Crippen MR) is 324 cm³/mol. The largest absolute Gasteiger partial charge is 0.466 e. The van der Waals surface area contributed by atoms with E-state index in [1.807, 2.05) is 0 Å². The summed E-state index contributed by atoms with van der Waals surface area (Å²) in [6.07, 6.45) is 78.2. The Labute approximate surface area is 463 Å². The number of esters is 1. The van der Waals surface area contributed by atoms with E-state index in [1.54, 1.807) is 0 Å². The summed E-state index contributed by atoms with van der Waals surface area (Å²) in [5.41, 5.74) is 0. The molecule has 0 saturated carbocycles. The molecule has 3 N–H and O–H groups in total. The van der Waals surface area contributed by atoms with Crippen molar-refractivity contribution in [1.82, 2.24) is 5.32 Å². The number of ether oxygens (including phenoxy) is 1. The lowest BCUT2D eigenvalue weighted by Gasteiger charge is -2.22. The number of hydrogen-bond donors (Lipinski definition) is 3. The van der Waals surface area contributed by atoms with Crippen LogP contribution in [0.15, 0.2) is 12.2 Å². The summed E-state index contributed by atoms with van der Waals surface area (Å²) >= 11 is 0. The van der Waals surface area contributed by atoms with Gasteiger partial charge in [-0.1, -0.05) is 334 Å². The first kappa shape index (κ1) is 72.6. The van der Waals surface area contributed by atoms with E-state index >= 15 is 0 Å². The molecular weight excluding hydrogens is 911 g/mol. The zero-order valence-corrected chi connectivity index (χ0v) is 50.4. The number of amides is 1. The van der Waals surface area contributed by atoms with Gasteiger partial charge in [0.1, 0.15) is 0 Å². The number of rotatable bonds is 64. The number of carbonyl (C=O) groups is 2. The number of carbonyl (C=O) groups excluding carboxylic acids is 2. The van der Waals surface area contributed by atoms with Crippen molar-refractivity contribution in [1.29, 1.82) is 0 Å². The summed E-state index contributed by atoms with van der Waals surface area (Å²) in [6.45, 7) is 4.99. The van der Waals surface area contributed by atoms with Gasteiger partial charge < -0.3 is 20.3 Å². The average Bonchev–Trinajstić information content (AvgIpc) is 3.40. The van der Waals surface area contributed by atoms with Crippen molar-refractivity contribution in [2.75, 3.05) is 13.2 Å². The zero-order chi connectivity index (χ0) is 53.6. The maximum atomic E-state index is 12.5. The Morgan fingerprint density at radius 1 is 0.365 bits per heavy atom. The number of hydrogen-bond acceptors (Lipinski definition) is 5. The van der Waals surface area contributed by atoms with E-state index in [0.29, 0.717) is 25.9 Å². The third-order valence-corrected chi connectivity index (χ3v) is 16.1. The fourth-order valence-electron chi connectivity index (χ4n) is 10.9. The van der Waals surface area contributed by atoms with Gasteiger partial charge in [-0.15, -0.1) is 0 Å². The summed E-state index contributed by atoms with van der Waals surface area (Å²) in [7, 11) is 0. The molecule has 0 heterocycles. The van der Waals surface area contributed by atoms with E-state index in [9.17, 15) is 19.8 Å². The normalized spacial score (nSPS) is 12.5. The van der Waals surface area contributed by atoms with Gasteiger partial charge in [-0.3, -0.25) is 9.59 Å². The number of nitrogens with one attached hydrogen (secondary N) is 1. The molecule has 0 bridgehead atoms. The highest BCUT2D eigenvalue weighted by Gasteiger charge is 2.20. The Bertz CT molecular complexity index is 1110. The molecule has 440 valence electrons. The van der Waals surface area contributed by atoms with Crippen molar-refractivity contribution in [2.45, 2.75) is 398 Å². The molecular formula is C68H133NO5. The highest BCUT2D eigenvalue weighted by atomic mass is 16.5. The molecule has 74 heavy (non-hydrogen) atoms. The summed E-state index contributed by atoms with van der Waals surface area (Å²) in [5.74, 6) is -0.0114. The van der Waals surface area contributed by atoms with Gasteiger partial charge in [-0.2, -0.15) is 0 Å². The van der Waals surface area contributed by atoms with Gasteiger partial charge in [0.15, 0.2) is 0 Å². The van der Waals surface area contributed by atoms with Crippen molar-refractivity contribution in [3.8, 4) is 0 Å². The maximum Gasteiger partial charge on any atom is 0.305 e. The maximum absolute atomic E-state index is 12.5. The molecule has 6 nitrogen and oxygen atoms in total. The molecule has 0 aromatic heterocycles. The quantitative estimate of drug-likeness (QED) is 0.0320. The zero-order valence-electron chi connectivity index (χ0n) is 50.4. The molecule has 0 aromatic carbocycles. The fraction of sp³-hybridized carbons (Fsp3) is 0.941. The van der Waals surface area contributed by atoms with Gasteiger partial charge >= 0.3 is 5.97 Å². The van der Waals surface area contributed by atoms with Crippen LogP contribution in [0.1, 0.15) is 386 Å². The van der Waals surface area contributed by atoms with Crippen LogP contribution in [-0.4, -0.2) is 47.4 Å². The van der Waals surface area contributed by atoms with Crippen LogP contribution in [-0.2, 0) is 14.3 Å². The van der Waals surface area contributed by atoms with E-state index in [4.69, 9.17) is 4.74 Å². The Morgan fingerprint density at radius 2 is 0.635 bits per heavy atom. The first-order valence-corrected chi connectivity index (χ1v) is 33.9. The van der Waals surface area contributed by atoms with E-state index in [0.717, 1.165) is 38.5 Å². The van der Waals surface area contributed by atoms with Crippen LogP contribution in [0.5, 0.6) is 0 Å². The molecule has 0 rings (SSSR count). The Hall–Kier alpha value is -1.40. The van der Waals surface area contributed by atoms with Gasteiger partial charge in [-0.25, -0.2) is 0 Å². The molecule has 0 spiro atoms. The van der Waals surface area contributed by atoms with Gasteiger partial charge in [0.05, 0.1) is 25.4 Å². The van der Waals surface area contributed by atoms with Crippen molar-refractivity contribution < 1.29 is 24.5 Å². The number of allylic oxidation sites excluding steroid dienone is 2. The fourth-order valence-corrected chi connectivity index (χ4v) is 10.9. The molecule has 2 unspecified atom stereocenters. The molecule has 0 aliphatic carbocycles. The van der Waals surface area contributed by atoms with E-state index < -0.39 is 12.1 Å². The van der Waals surface area contributed by atoms with Gasteiger partial charge in [0.25, 0.3) is 0 Å². The van der Waals surface area contributed by atoms with Crippen LogP contribution in [0.25, 0.3) is 0 Å². The topological polar surface area (TPSA) is 95.9 Å². The summed E-state index contributed by atoms with van der Waals surface area (Å²) in [6, 6.07) is -0.539. The summed E-state index contributed by atoms with van der Waals surface area (Å²) < 4.78 is 5.49. The van der Waals surface area contributed by atoms with Crippen LogP contribution in [0.4, 0.5) is 0 Å². The van der Waals surface area contributed by atoms with Gasteiger partial charge in [0.2, 0.25) is 5.91 Å². The predicted octanol–water partition coefficient (Wildman–Crippen LogP) is 21.6. The highest BCUT2D eigenvalue weighted by Crippen LogP contribution is 2.19. The molecule has 0 aliphatic heterocycles. The first-order valence-electron chi connectivity index (χ1n) is 33.9. The minimum Gasteiger partial charge on any atom is -0.466 e. The van der Waals surface area contributed by atoms with Crippen molar-refractivity contribution in [3.05, 3.63) is 12.2 Å². The van der Waals surface area contributed by atoms with Gasteiger partial charge in [0, 0.05) is 12.8 Å². The van der Waals surface area contributed by atoms with Crippen molar-refractivity contribution >= 4 is 11.9 Å². The SMILES string of the molecule is CCCCCCCCCCCCCCCCC(O)C(CO)NC(=O)CCCCCCCCCCCCCCCC/C=C\CCCCCCCCCCCCCCOC(=O)CCCCCCCCCCCCCCC. The van der Waals surface area contributed by atoms with E-state index in [1.165, 1.54) is 315 Å². The standard InChI is InChI=1S/C68H133NO5/c1-3-5-7-9-11-13-15-17-37-40-44-48-52-56-60-66(71)65(64-70)69-67(72)61-57-53-49-45-41-38-34-32-30-28-26-24-22-20-18-19-21-23-25-27-29-31-33-35-39-43-47-51-55-59-63-74-68(73)62-58-54-50-46-42-36-16-14-12-10-8-6-4-2/h19,21,65-66,70-71H,3-18,20,22-64H2,1-2H3,(H,69,72)/b21-19-. The summed E-state index contributed by atoms with van der Waals surface area (Å²) in [4.78, 5) is 24.5. The van der Waals surface area contributed by atoms with Crippen LogP contribution in [0, 0.1) is 0 Å². The van der Waals surface area contributed by atoms with Crippen molar-refractivity contribution in [2.24, 2.45) is 0 Å². The van der Waals surface area contributed by atoms with Crippen LogP contribution >= 0.6 is 0 Å². The van der Waals surface area contributed by atoms with E-state index in [2.05, 4.69) is 31.3 Å². The average molecular weight is 1040 g/mol. The lowest BCUT2D eigenvalue weighted by Crippen LogP contribution is -2.45. The number of aliphatic hydroxyl groups excluding tert-OH is 2. The second-order valence-corrected chi connectivity index (χ2v) is 23.5. The molecule has 0 aromatic rings. The second-order valence-electron chi connectivity index (χ2n) is 23.5. The molecule has 2 atom stereocenters. The highest BCUT2D eigenvalue weighted by molar-refractivity contribution is 5.76. The molecule has 6 heteroatoms. The molecule has 0 saturated heterocycles. The molecule has 0 radical (unpaired) electrons. The lowest BCUT2D eigenvalue weighted by atomic mass is 10.0. The van der Waals surface area contributed by atoms with Crippen LogP contribution in [0.2, 0.25) is 0 Å². The minimum atomic E-state index is -0.662. The minimum absolute atomic E-state index is 0.0194. The first-order chi connectivity index (χ1) is 36.5. The Kier molecular flexibility index (Phi) is 62.9. The molecule has 0 aliphatic rings. The second kappa shape index (κ2) is 64.1. The van der Waals surface area contributed by atoms with Crippen LogP contribution in [0.3, 0.4) is 0 Å². The van der Waals surface area contributed by atoms with Crippen molar-refractivity contribution in [3.63, 3.8) is 0 Å². The number of unbranched alkanes of at least 4 members (excludes halogenated alkanes) is 51. The molecule has 0 fully saturated rings. The summed E-state index contributed by atoms with van der Waals surface area (Å²) in [5, 5.41) is 23.3. The third-order valence-electron chi connectivity index (χ3n) is 16.1.